The van der Waals surface area contributed by atoms with Crippen LogP contribution in [0.25, 0.3) is 11.1 Å². The number of pyridine rings is 1. The molecule has 9 nitrogen and oxygen atoms in total. The van der Waals surface area contributed by atoms with Gasteiger partial charge in [0, 0.05) is 86.9 Å². The molecule has 2 aromatic carbocycles. The van der Waals surface area contributed by atoms with Crippen LogP contribution in [0, 0.1) is 18.7 Å². The zero-order chi connectivity index (χ0) is 38.9. The fourth-order valence-electron chi connectivity index (χ4n) is 7.68. The average Bonchev–Trinajstić information content (AvgIpc) is 3.60. The standard InChI is InChI=1S/C37H48FN5O2S.C6H7NOS/c1-25-7-10-32(11-8-25)41-36(44)35-19-31(38)20-39-37(35)45-33-6-4-5-29(18-33)34-12-9-28(23-43-21-26(2)40-27(3)22-43)17-30(34)24-42-13-15-46-16-14-42;1-4-3-9-6(7-4)5(2)8/h4-6,9,12,17-20,25-27,32,40H,7-8,10-11,13-16,21-24H2,1-3H3,(H,41,44);3H,1-2H3. The first kappa shape index (κ1) is 41.0. The van der Waals surface area contributed by atoms with Crippen molar-refractivity contribution in [2.45, 2.75) is 91.5 Å². The molecule has 1 amide bonds. The van der Waals surface area contributed by atoms with E-state index in [4.69, 9.17) is 4.74 Å². The highest BCUT2D eigenvalue weighted by Crippen LogP contribution is 2.33. The summed E-state index contributed by atoms with van der Waals surface area (Å²) in [6, 6.07) is 17.1. The lowest BCUT2D eigenvalue weighted by Crippen LogP contribution is -2.53. The lowest BCUT2D eigenvalue weighted by molar-refractivity contribution is 0.0918. The monoisotopic (exact) mass is 786 g/mol. The summed E-state index contributed by atoms with van der Waals surface area (Å²) >= 11 is 3.42. The Morgan fingerprint density at radius 1 is 0.964 bits per heavy atom. The minimum Gasteiger partial charge on any atom is -0.438 e. The van der Waals surface area contributed by atoms with Crippen molar-refractivity contribution in [1.29, 1.82) is 0 Å². The largest absolute Gasteiger partial charge is 0.438 e. The Labute approximate surface area is 333 Å². The number of hydrogen-bond acceptors (Lipinski definition) is 10. The molecule has 1 saturated carbocycles. The Morgan fingerprint density at radius 3 is 2.38 bits per heavy atom. The van der Waals surface area contributed by atoms with E-state index in [1.165, 1.54) is 41.0 Å². The van der Waals surface area contributed by atoms with E-state index >= 15 is 0 Å². The maximum absolute atomic E-state index is 14.3. The van der Waals surface area contributed by atoms with E-state index in [-0.39, 0.29) is 29.2 Å². The van der Waals surface area contributed by atoms with Crippen LogP contribution < -0.4 is 15.4 Å². The van der Waals surface area contributed by atoms with Crippen molar-refractivity contribution < 1.29 is 18.7 Å². The SMILES string of the molecule is CC(=O)c1nc(C)cs1.CC1CCC(NC(=O)c2cc(F)cnc2Oc2cccc(-c3ccc(CN4CC(C)NC(C)C4)cc3CN3CCSCC3)c2)CC1. The van der Waals surface area contributed by atoms with Crippen LogP contribution in [0.4, 0.5) is 4.39 Å². The van der Waals surface area contributed by atoms with Crippen LogP contribution in [-0.2, 0) is 13.1 Å². The van der Waals surface area contributed by atoms with E-state index in [0.717, 1.165) is 93.9 Å². The summed E-state index contributed by atoms with van der Waals surface area (Å²) in [6.45, 7) is 16.3. The average molecular weight is 787 g/mol. The third-order valence-corrected chi connectivity index (χ3v) is 12.4. The molecule has 2 aromatic heterocycles. The molecule has 7 rings (SSSR count). The molecule has 294 valence electrons. The number of carbonyl (C=O) groups excluding carboxylic acids is 2. The molecule has 0 bridgehead atoms. The molecular formula is C43H55FN6O3S2. The molecule has 12 heteroatoms. The molecule has 4 aromatic rings. The number of ketones is 1. The van der Waals surface area contributed by atoms with Crippen molar-refractivity contribution in [1.82, 2.24) is 30.4 Å². The van der Waals surface area contributed by atoms with Crippen molar-refractivity contribution in [2.24, 2.45) is 5.92 Å². The highest BCUT2D eigenvalue weighted by Gasteiger charge is 2.24. The molecule has 3 fully saturated rings. The van der Waals surface area contributed by atoms with Crippen LogP contribution >= 0.6 is 23.1 Å². The second kappa shape index (κ2) is 19.5. The van der Waals surface area contributed by atoms with E-state index in [0.29, 0.717) is 28.8 Å². The van der Waals surface area contributed by atoms with Crippen LogP contribution in [0.1, 0.15) is 90.4 Å². The van der Waals surface area contributed by atoms with Crippen LogP contribution in [0.2, 0.25) is 0 Å². The van der Waals surface area contributed by atoms with E-state index in [1.54, 1.807) is 0 Å². The summed E-state index contributed by atoms with van der Waals surface area (Å²) in [5.41, 5.74) is 5.89. The Balaban J connectivity index is 0.000000502. The summed E-state index contributed by atoms with van der Waals surface area (Å²) < 4.78 is 20.5. The smallest absolute Gasteiger partial charge is 0.257 e. The molecule has 2 aliphatic heterocycles. The van der Waals surface area contributed by atoms with Crippen molar-refractivity contribution in [3.8, 4) is 22.8 Å². The molecule has 2 saturated heterocycles. The number of aromatic nitrogens is 2. The minimum atomic E-state index is -0.561. The normalized spacial score (nSPS) is 22.0. The van der Waals surface area contributed by atoms with Crippen LogP contribution in [-0.4, -0.2) is 87.3 Å². The third-order valence-electron chi connectivity index (χ3n) is 10.4. The molecule has 4 heterocycles. The van der Waals surface area contributed by atoms with Gasteiger partial charge in [-0.15, -0.1) is 11.3 Å². The maximum Gasteiger partial charge on any atom is 0.257 e. The first-order valence-corrected chi connectivity index (χ1v) is 21.6. The predicted molar refractivity (Wildman–Crippen MR) is 222 cm³/mol. The zero-order valence-electron chi connectivity index (χ0n) is 32.8. The number of thioether (sulfide) groups is 1. The van der Waals surface area contributed by atoms with E-state index in [2.05, 4.69) is 75.4 Å². The molecule has 2 N–H and O–H groups in total. The lowest BCUT2D eigenvalue weighted by Gasteiger charge is -2.36. The van der Waals surface area contributed by atoms with Crippen molar-refractivity contribution >= 4 is 34.8 Å². The summed E-state index contributed by atoms with van der Waals surface area (Å²) in [4.78, 5) is 37.2. The van der Waals surface area contributed by atoms with Crippen molar-refractivity contribution in [2.75, 3.05) is 37.7 Å². The lowest BCUT2D eigenvalue weighted by atomic mass is 9.87. The maximum atomic E-state index is 14.3. The van der Waals surface area contributed by atoms with Gasteiger partial charge in [0.15, 0.2) is 10.8 Å². The molecular weight excluding hydrogens is 732 g/mol. The number of aryl methyl sites for hydroxylation is 1. The highest BCUT2D eigenvalue weighted by atomic mass is 32.2. The van der Waals surface area contributed by atoms with Crippen LogP contribution in [0.15, 0.2) is 60.1 Å². The summed E-state index contributed by atoms with van der Waals surface area (Å²) in [5, 5.41) is 9.21. The molecule has 2 unspecified atom stereocenters. The second-order valence-electron chi connectivity index (χ2n) is 15.5. The van der Waals surface area contributed by atoms with Gasteiger partial charge in [0.2, 0.25) is 5.88 Å². The number of Topliss-reactive ketones (excluding diaryl/α,β-unsaturated/α-hetero) is 1. The van der Waals surface area contributed by atoms with Gasteiger partial charge >= 0.3 is 0 Å². The fraction of sp³-hybridized carbons (Fsp3) is 0.488. The van der Waals surface area contributed by atoms with Crippen molar-refractivity contribution in [3.63, 3.8) is 0 Å². The second-order valence-corrected chi connectivity index (χ2v) is 17.5. The first-order chi connectivity index (χ1) is 26.5. The first-order valence-electron chi connectivity index (χ1n) is 19.6. The van der Waals surface area contributed by atoms with Crippen LogP contribution in [0.5, 0.6) is 11.6 Å². The molecule has 0 spiro atoms. The van der Waals surface area contributed by atoms with Gasteiger partial charge in [-0.1, -0.05) is 37.3 Å². The van der Waals surface area contributed by atoms with E-state index < -0.39 is 5.82 Å². The number of piperazine rings is 1. The van der Waals surface area contributed by atoms with E-state index in [9.17, 15) is 14.0 Å². The number of nitrogens with one attached hydrogen (secondary N) is 2. The van der Waals surface area contributed by atoms with Gasteiger partial charge in [-0.2, -0.15) is 11.8 Å². The zero-order valence-corrected chi connectivity index (χ0v) is 34.4. The minimum absolute atomic E-state index is 0.0492. The number of hydrogen-bond donors (Lipinski definition) is 2. The van der Waals surface area contributed by atoms with Crippen molar-refractivity contribution in [3.05, 3.63) is 93.3 Å². The summed E-state index contributed by atoms with van der Waals surface area (Å²) in [5.74, 6) is 2.81. The Kier molecular flexibility index (Phi) is 14.5. The van der Waals surface area contributed by atoms with Gasteiger partial charge in [0.1, 0.15) is 17.1 Å². The number of rotatable bonds is 10. The van der Waals surface area contributed by atoms with Gasteiger partial charge in [-0.3, -0.25) is 19.4 Å². The molecule has 1 aliphatic carbocycles. The van der Waals surface area contributed by atoms with E-state index in [1.807, 2.05) is 42.3 Å². The molecule has 0 radical (unpaired) electrons. The number of amides is 1. The number of thiazole rings is 1. The Bertz CT molecular complexity index is 1900. The topological polar surface area (TPSA) is 99.7 Å². The van der Waals surface area contributed by atoms with Gasteiger partial charge in [0.25, 0.3) is 5.91 Å². The Morgan fingerprint density at radius 2 is 1.71 bits per heavy atom. The molecule has 3 aliphatic rings. The predicted octanol–water partition coefficient (Wildman–Crippen LogP) is 8.37. The van der Waals surface area contributed by atoms with Gasteiger partial charge in [0.05, 0.1) is 6.20 Å². The molecule has 55 heavy (non-hydrogen) atoms. The fourth-order valence-corrected chi connectivity index (χ4v) is 9.35. The molecule has 2 atom stereocenters. The van der Waals surface area contributed by atoms with Gasteiger partial charge in [-0.05, 0) is 92.8 Å². The van der Waals surface area contributed by atoms with Crippen LogP contribution in [0.3, 0.4) is 0 Å². The Hall–Kier alpha value is -3.68. The number of ether oxygens (including phenoxy) is 1. The quantitative estimate of drug-likeness (QED) is 0.154. The summed E-state index contributed by atoms with van der Waals surface area (Å²) in [6.07, 6.45) is 5.12. The van der Waals surface area contributed by atoms with Gasteiger partial charge in [-0.25, -0.2) is 14.4 Å². The number of nitrogens with zero attached hydrogens (tertiary/aromatic N) is 4. The number of benzene rings is 2. The van der Waals surface area contributed by atoms with Gasteiger partial charge < -0.3 is 15.4 Å². The number of halogens is 1. The third kappa shape index (κ3) is 11.9. The number of carbonyl (C=O) groups is 2. The highest BCUT2D eigenvalue weighted by molar-refractivity contribution is 7.99. The summed E-state index contributed by atoms with van der Waals surface area (Å²) in [7, 11) is 0.